The van der Waals surface area contributed by atoms with Crippen molar-refractivity contribution in [2.45, 2.75) is 64.8 Å². The molecule has 3 saturated carbocycles. The van der Waals surface area contributed by atoms with Crippen LogP contribution in [0.4, 0.5) is 0 Å². The summed E-state index contributed by atoms with van der Waals surface area (Å²) in [7, 11) is 0. The van der Waals surface area contributed by atoms with Crippen LogP contribution < -0.4 is 0 Å². The van der Waals surface area contributed by atoms with Gasteiger partial charge in [-0.05, 0) is 43.6 Å². The second-order valence-electron chi connectivity index (χ2n) is 8.30. The van der Waals surface area contributed by atoms with Gasteiger partial charge >= 0.3 is 11.9 Å². The summed E-state index contributed by atoms with van der Waals surface area (Å²) in [6, 6.07) is 9.97. The molecule has 1 spiro atoms. The molecule has 0 N–H and O–H groups in total. The van der Waals surface area contributed by atoms with Crippen LogP contribution in [0, 0.1) is 17.3 Å². The minimum atomic E-state index is -0.417. The Hall–Kier alpha value is -2.37. The van der Waals surface area contributed by atoms with Crippen molar-refractivity contribution in [1.82, 2.24) is 0 Å². The quantitative estimate of drug-likeness (QED) is 0.571. The summed E-state index contributed by atoms with van der Waals surface area (Å²) in [4.78, 5) is 28.9. The largest absolute Gasteiger partial charge is 0.459 e. The fraction of sp³-hybridized carbons (Fsp3) is 0.591. The van der Waals surface area contributed by atoms with Crippen molar-refractivity contribution in [2.24, 2.45) is 22.4 Å². The second kappa shape index (κ2) is 7.57. The molecule has 3 aliphatic carbocycles. The van der Waals surface area contributed by atoms with Gasteiger partial charge in [-0.2, -0.15) is 0 Å². The van der Waals surface area contributed by atoms with Gasteiger partial charge in [0, 0.05) is 25.2 Å². The first-order chi connectivity index (χ1) is 13.5. The molecule has 1 aromatic carbocycles. The molecule has 0 aliphatic heterocycles. The minimum absolute atomic E-state index is 0.195. The monoisotopic (exact) mass is 385 g/mol. The van der Waals surface area contributed by atoms with Gasteiger partial charge in [0.1, 0.15) is 18.8 Å². The van der Waals surface area contributed by atoms with Crippen molar-refractivity contribution in [3.63, 3.8) is 0 Å². The molecule has 6 heteroatoms. The number of carbonyl (C=O) groups is 2. The highest BCUT2D eigenvalue weighted by atomic mass is 16.6. The zero-order valence-electron chi connectivity index (χ0n) is 16.4. The molecule has 0 radical (unpaired) electrons. The predicted molar refractivity (Wildman–Crippen MR) is 102 cm³/mol. The summed E-state index contributed by atoms with van der Waals surface area (Å²) in [6.45, 7) is 3.22. The summed E-state index contributed by atoms with van der Waals surface area (Å²) in [5.74, 6) is 0.201. The van der Waals surface area contributed by atoms with Crippen molar-refractivity contribution in [3.8, 4) is 0 Å². The van der Waals surface area contributed by atoms with Crippen LogP contribution in [-0.4, -0.2) is 29.9 Å². The SMILES string of the molecule is CC(=O)O[C@H]1CC2(C[C@@H]1OC(C)=O)/C(=N/OCc1ccccc1)[C@@H]1CC[C@H]2C1. The second-order valence-corrected chi connectivity index (χ2v) is 8.30. The maximum absolute atomic E-state index is 11.6. The Morgan fingerprint density at radius 2 is 1.68 bits per heavy atom. The van der Waals surface area contributed by atoms with Crippen molar-refractivity contribution in [2.75, 3.05) is 0 Å². The van der Waals surface area contributed by atoms with Crippen molar-refractivity contribution >= 4 is 17.7 Å². The molecule has 3 fully saturated rings. The highest BCUT2D eigenvalue weighted by Gasteiger charge is 2.63. The first kappa shape index (κ1) is 19.0. The molecular formula is C22H27NO5. The molecule has 28 heavy (non-hydrogen) atoms. The Morgan fingerprint density at radius 1 is 1.04 bits per heavy atom. The number of rotatable bonds is 5. The third-order valence-corrected chi connectivity index (χ3v) is 6.53. The molecule has 3 aliphatic rings. The highest BCUT2D eigenvalue weighted by molar-refractivity contribution is 5.95. The maximum Gasteiger partial charge on any atom is 0.303 e. The van der Waals surface area contributed by atoms with Crippen LogP contribution in [0.1, 0.15) is 51.5 Å². The molecule has 0 aromatic heterocycles. The lowest BCUT2D eigenvalue weighted by atomic mass is 9.70. The predicted octanol–water partition coefficient (Wildman–Crippen LogP) is 3.63. The van der Waals surface area contributed by atoms with E-state index >= 15 is 0 Å². The minimum Gasteiger partial charge on any atom is -0.459 e. The third kappa shape index (κ3) is 3.52. The molecule has 0 amide bonds. The Kier molecular flexibility index (Phi) is 5.13. The standard InChI is InChI=1S/C22H27NO5/c1-14(24)27-19-11-22(12-20(19)28-15(2)25)18-9-8-17(10-18)21(22)23-26-13-16-6-4-3-5-7-16/h3-7,17-20H,8-13H2,1-2H3/b23-21+/t17-,18+,19+,20+/m1/s1. The van der Waals surface area contributed by atoms with Gasteiger partial charge in [-0.15, -0.1) is 0 Å². The summed E-state index contributed by atoms with van der Waals surface area (Å²) in [5, 5.41) is 4.60. The van der Waals surface area contributed by atoms with Gasteiger partial charge in [0.25, 0.3) is 0 Å². The molecule has 150 valence electrons. The van der Waals surface area contributed by atoms with Crippen LogP contribution in [0.5, 0.6) is 0 Å². The lowest BCUT2D eigenvalue weighted by Crippen LogP contribution is -2.36. The van der Waals surface area contributed by atoms with E-state index in [1.54, 1.807) is 0 Å². The van der Waals surface area contributed by atoms with E-state index in [0.29, 0.717) is 31.3 Å². The van der Waals surface area contributed by atoms with Crippen LogP contribution >= 0.6 is 0 Å². The van der Waals surface area contributed by atoms with Crippen LogP contribution in [0.25, 0.3) is 0 Å². The van der Waals surface area contributed by atoms with Crippen molar-refractivity contribution < 1.29 is 23.9 Å². The number of esters is 2. The summed E-state index contributed by atoms with van der Waals surface area (Å²) < 4.78 is 11.1. The number of fused-ring (bicyclic) bond motifs is 3. The molecule has 0 unspecified atom stereocenters. The van der Waals surface area contributed by atoms with Crippen LogP contribution in [0.2, 0.25) is 0 Å². The molecule has 0 saturated heterocycles. The smallest absolute Gasteiger partial charge is 0.303 e. The summed E-state index contributed by atoms with van der Waals surface area (Å²) >= 11 is 0. The molecule has 1 aromatic rings. The molecule has 4 rings (SSSR count). The van der Waals surface area contributed by atoms with E-state index in [9.17, 15) is 9.59 Å². The van der Waals surface area contributed by atoms with Gasteiger partial charge in [-0.1, -0.05) is 35.5 Å². The zero-order valence-corrected chi connectivity index (χ0v) is 16.4. The lowest BCUT2D eigenvalue weighted by Gasteiger charge is -2.34. The van der Waals surface area contributed by atoms with Crippen LogP contribution in [-0.2, 0) is 30.5 Å². The Morgan fingerprint density at radius 3 is 2.29 bits per heavy atom. The van der Waals surface area contributed by atoms with E-state index < -0.39 is 12.2 Å². The molecule has 2 bridgehead atoms. The van der Waals surface area contributed by atoms with Crippen LogP contribution in [0.3, 0.4) is 0 Å². The average Bonchev–Trinajstić information content (AvgIpc) is 3.31. The first-order valence-corrected chi connectivity index (χ1v) is 10.1. The number of nitrogens with zero attached hydrogens (tertiary/aromatic N) is 1. The zero-order chi connectivity index (χ0) is 19.7. The Balaban J connectivity index is 1.55. The van der Waals surface area contributed by atoms with Gasteiger partial charge in [-0.25, -0.2) is 0 Å². The van der Waals surface area contributed by atoms with E-state index in [-0.39, 0.29) is 17.4 Å². The van der Waals surface area contributed by atoms with Gasteiger partial charge < -0.3 is 14.3 Å². The molecule has 6 nitrogen and oxygen atoms in total. The Bertz CT molecular complexity index is 750. The number of ether oxygens (including phenoxy) is 2. The van der Waals surface area contributed by atoms with Crippen molar-refractivity contribution in [3.05, 3.63) is 35.9 Å². The van der Waals surface area contributed by atoms with Gasteiger partial charge in [0.2, 0.25) is 0 Å². The molecule has 4 atom stereocenters. The Labute approximate surface area is 165 Å². The normalized spacial score (nSPS) is 31.3. The number of benzene rings is 1. The number of oxime groups is 1. The van der Waals surface area contributed by atoms with Gasteiger partial charge in [0.05, 0.1) is 5.71 Å². The third-order valence-electron chi connectivity index (χ3n) is 6.53. The van der Waals surface area contributed by atoms with Gasteiger partial charge in [-0.3, -0.25) is 9.59 Å². The van der Waals surface area contributed by atoms with E-state index in [4.69, 9.17) is 14.3 Å². The summed E-state index contributed by atoms with van der Waals surface area (Å²) in [5.41, 5.74) is 1.96. The van der Waals surface area contributed by atoms with E-state index in [2.05, 4.69) is 5.16 Å². The van der Waals surface area contributed by atoms with E-state index in [1.807, 2.05) is 30.3 Å². The topological polar surface area (TPSA) is 74.2 Å². The maximum atomic E-state index is 11.6. The average molecular weight is 385 g/mol. The number of hydrogen-bond donors (Lipinski definition) is 0. The van der Waals surface area contributed by atoms with Gasteiger partial charge in [0.15, 0.2) is 0 Å². The van der Waals surface area contributed by atoms with Crippen LogP contribution in [0.15, 0.2) is 35.5 Å². The number of hydrogen-bond acceptors (Lipinski definition) is 6. The lowest BCUT2D eigenvalue weighted by molar-refractivity contribution is -0.162. The first-order valence-electron chi connectivity index (χ1n) is 10.1. The van der Waals surface area contributed by atoms with E-state index in [1.165, 1.54) is 13.8 Å². The fourth-order valence-corrected chi connectivity index (χ4v) is 5.53. The van der Waals surface area contributed by atoms with Crippen molar-refractivity contribution in [1.29, 1.82) is 0 Å². The molecular weight excluding hydrogens is 358 g/mol. The highest BCUT2D eigenvalue weighted by Crippen LogP contribution is 2.61. The fourth-order valence-electron chi connectivity index (χ4n) is 5.53. The van der Waals surface area contributed by atoms with E-state index in [0.717, 1.165) is 30.5 Å². The number of carbonyl (C=O) groups excluding carboxylic acids is 2. The summed E-state index contributed by atoms with van der Waals surface area (Å²) in [6.07, 6.45) is 3.82. The molecule has 0 heterocycles.